The number of hydrogen-bond donors (Lipinski definition) is 4. The fraction of sp³-hybridized carbons (Fsp3) is 0.720. The average molecular weight is 574 g/mol. The van der Waals surface area contributed by atoms with Gasteiger partial charge in [-0.3, -0.25) is 14.4 Å². The molecule has 14 nitrogen and oxygen atoms in total. The molecule has 0 aromatic carbocycles. The number of tetrazole rings is 1. The maximum atomic E-state index is 13.3. The van der Waals surface area contributed by atoms with E-state index >= 15 is 0 Å². The molecule has 1 aromatic rings. The average Bonchev–Trinajstić information content (AvgIpc) is 3.71. The van der Waals surface area contributed by atoms with Gasteiger partial charge in [0.25, 0.3) is 0 Å². The van der Waals surface area contributed by atoms with Gasteiger partial charge in [0, 0.05) is 47.8 Å². The second-order valence-electron chi connectivity index (χ2n) is 11.5. The summed E-state index contributed by atoms with van der Waals surface area (Å²) in [5, 5.41) is 30.5. The highest BCUT2D eigenvalue weighted by Gasteiger charge is 2.60. The van der Waals surface area contributed by atoms with Gasteiger partial charge in [-0.1, -0.05) is 6.92 Å². The monoisotopic (exact) mass is 573 g/mol. The van der Waals surface area contributed by atoms with Crippen LogP contribution in [-0.2, 0) is 25.7 Å². The van der Waals surface area contributed by atoms with E-state index in [0.717, 1.165) is 32.5 Å². The van der Waals surface area contributed by atoms with Gasteiger partial charge >= 0.3 is 5.97 Å². The number of carbonyl (C=O) groups is 4. The van der Waals surface area contributed by atoms with E-state index in [-0.39, 0.29) is 53.2 Å². The molecule has 15 heteroatoms. The van der Waals surface area contributed by atoms with Crippen LogP contribution < -0.4 is 16.0 Å². The van der Waals surface area contributed by atoms with Crippen LogP contribution in [-0.4, -0.2) is 114 Å². The summed E-state index contributed by atoms with van der Waals surface area (Å²) in [6.45, 7) is 6.76. The number of aromatic nitrogens is 4. The number of carboxylic acid groups (broad SMARTS) is 1. The quantitative estimate of drug-likeness (QED) is 0.270. The largest absolute Gasteiger partial charge is 0.477 e. The van der Waals surface area contributed by atoms with Crippen molar-refractivity contribution in [1.82, 2.24) is 46.0 Å². The maximum Gasteiger partial charge on any atom is 0.353 e. The summed E-state index contributed by atoms with van der Waals surface area (Å²) in [5.74, 6) is -1.88. The van der Waals surface area contributed by atoms with Crippen molar-refractivity contribution in [2.45, 2.75) is 69.1 Å². The molecule has 4 N–H and O–H groups in total. The number of hydrogen-bond acceptors (Lipinski definition) is 10. The van der Waals surface area contributed by atoms with E-state index in [0.29, 0.717) is 29.8 Å². The van der Waals surface area contributed by atoms with Crippen molar-refractivity contribution in [1.29, 1.82) is 0 Å². The minimum absolute atomic E-state index is 0.0180. The number of aliphatic carboxylic acids is 1. The van der Waals surface area contributed by atoms with Crippen LogP contribution in [0.4, 0.5) is 0 Å². The molecule has 0 spiro atoms. The summed E-state index contributed by atoms with van der Waals surface area (Å²) >= 11 is 1.47. The first-order valence-corrected chi connectivity index (χ1v) is 14.8. The molecular weight excluding hydrogens is 538 g/mol. The molecule has 0 radical (unpaired) electrons. The summed E-state index contributed by atoms with van der Waals surface area (Å²) in [6, 6.07) is -0.747. The lowest BCUT2D eigenvalue weighted by molar-refractivity contribution is -0.158. The molecule has 8 atom stereocenters. The molecule has 5 aliphatic rings. The molecule has 0 aliphatic carbocycles. The van der Waals surface area contributed by atoms with Crippen molar-refractivity contribution in [3.05, 3.63) is 16.9 Å². The molecule has 6 heterocycles. The van der Waals surface area contributed by atoms with E-state index in [1.54, 1.807) is 6.92 Å². The van der Waals surface area contributed by atoms with Gasteiger partial charge in [0.1, 0.15) is 18.6 Å². The van der Waals surface area contributed by atoms with Gasteiger partial charge in [-0.05, 0) is 49.1 Å². The third kappa shape index (κ3) is 4.77. The topological polar surface area (TPSA) is 175 Å². The zero-order valence-electron chi connectivity index (χ0n) is 22.5. The number of likely N-dealkylation sites (tertiary alicyclic amines) is 1. The number of nitrogens with one attached hydrogen (secondary N) is 3. The number of rotatable bonds is 8. The summed E-state index contributed by atoms with van der Waals surface area (Å²) in [7, 11) is 0. The molecule has 6 rings (SSSR count). The minimum Gasteiger partial charge on any atom is -0.477 e. The first-order chi connectivity index (χ1) is 19.2. The predicted octanol–water partition coefficient (Wildman–Crippen LogP) is -1.38. The summed E-state index contributed by atoms with van der Waals surface area (Å²) in [5.41, 5.74) is 0.0282. The number of nitrogens with zero attached hydrogens (tertiary/aromatic N) is 6. The smallest absolute Gasteiger partial charge is 0.353 e. The zero-order chi connectivity index (χ0) is 28.1. The van der Waals surface area contributed by atoms with Crippen LogP contribution >= 0.6 is 11.8 Å². The van der Waals surface area contributed by atoms with Gasteiger partial charge in [-0.2, -0.15) is 0 Å². The van der Waals surface area contributed by atoms with E-state index in [1.165, 1.54) is 27.7 Å². The van der Waals surface area contributed by atoms with Crippen LogP contribution in [0.25, 0.3) is 0 Å². The Bertz CT molecular complexity index is 1210. The maximum absolute atomic E-state index is 13.3. The summed E-state index contributed by atoms with van der Waals surface area (Å²) < 4.78 is 1.29. The number of thioether (sulfide) groups is 1. The van der Waals surface area contributed by atoms with Gasteiger partial charge in [0.15, 0.2) is 0 Å². The number of carboxylic acids is 1. The third-order valence-corrected chi connectivity index (χ3v) is 10.5. The second kappa shape index (κ2) is 10.7. The Hall–Kier alpha value is -3.04. The highest BCUT2D eigenvalue weighted by atomic mass is 32.2. The fourth-order valence-electron chi connectivity index (χ4n) is 7.09. The summed E-state index contributed by atoms with van der Waals surface area (Å²) in [4.78, 5) is 55.3. The van der Waals surface area contributed by atoms with Crippen LogP contribution in [0, 0.1) is 17.8 Å². The van der Waals surface area contributed by atoms with Crippen molar-refractivity contribution in [3.63, 3.8) is 0 Å². The van der Waals surface area contributed by atoms with Crippen LogP contribution in [0.3, 0.4) is 0 Å². The van der Waals surface area contributed by atoms with Gasteiger partial charge in [-0.25, -0.2) is 9.48 Å². The Kier molecular flexibility index (Phi) is 7.29. The van der Waals surface area contributed by atoms with Crippen molar-refractivity contribution in [2.24, 2.45) is 17.8 Å². The van der Waals surface area contributed by atoms with E-state index in [9.17, 15) is 24.3 Å². The summed E-state index contributed by atoms with van der Waals surface area (Å²) in [6.07, 6.45) is 4.24. The molecule has 3 unspecified atom stereocenters. The predicted molar refractivity (Wildman–Crippen MR) is 142 cm³/mol. The minimum atomic E-state index is -1.13. The Balaban J connectivity index is 1.08. The van der Waals surface area contributed by atoms with Gasteiger partial charge in [0.2, 0.25) is 17.7 Å². The molecule has 0 saturated carbocycles. The SMILES string of the molecule is C[C@@H](NC(=O)Cn1cnnn1)[C@H]1C(=O)N2C(C(=O)O)=C(S[C@@H]3CNC(C(=O)N4CC5CCCNC5C4)C3)[C@H](C)[C@H]12. The van der Waals surface area contributed by atoms with Gasteiger partial charge in [0.05, 0.1) is 18.0 Å². The number of amides is 3. The molecule has 4 fully saturated rings. The Morgan fingerprint density at radius 3 is 2.83 bits per heavy atom. The fourth-order valence-corrected chi connectivity index (χ4v) is 8.57. The second-order valence-corrected chi connectivity index (χ2v) is 12.9. The Morgan fingerprint density at radius 1 is 1.27 bits per heavy atom. The lowest BCUT2D eigenvalue weighted by Gasteiger charge is -2.47. The van der Waals surface area contributed by atoms with E-state index in [1.807, 2.05) is 11.8 Å². The standard InChI is InChI=1S/C25H35N9O5S/c1-12-20-19(13(2)29-18(35)10-33-11-28-30-31-33)24(37)34(20)21(25(38)39)22(12)40-15-6-16(27-7-15)23(36)32-8-14-4-3-5-26-17(14)9-32/h11-17,19-20,26-27H,3-10H2,1-2H3,(H,29,35)(H,38,39)/t12-,13-,14?,15+,16?,17?,19-,20-/m1/s1. The van der Waals surface area contributed by atoms with Crippen LogP contribution in [0.1, 0.15) is 33.1 Å². The molecular formula is C25H35N9O5S. The third-order valence-electron chi connectivity index (χ3n) is 9.01. The zero-order valence-corrected chi connectivity index (χ0v) is 23.3. The van der Waals surface area contributed by atoms with Crippen LogP contribution in [0.2, 0.25) is 0 Å². The number of carbonyl (C=O) groups excluding carboxylic acids is 3. The van der Waals surface area contributed by atoms with Crippen molar-refractivity contribution >= 4 is 35.5 Å². The van der Waals surface area contributed by atoms with Gasteiger partial charge in [-0.15, -0.1) is 16.9 Å². The molecule has 0 bridgehead atoms. The molecule has 4 saturated heterocycles. The first kappa shape index (κ1) is 27.1. The van der Waals surface area contributed by atoms with E-state index in [2.05, 4.69) is 31.5 Å². The van der Waals surface area contributed by atoms with Crippen LogP contribution in [0.5, 0.6) is 0 Å². The lowest BCUT2D eigenvalue weighted by Crippen LogP contribution is -2.66. The number of piperidine rings is 1. The van der Waals surface area contributed by atoms with E-state index in [4.69, 9.17) is 0 Å². The molecule has 40 heavy (non-hydrogen) atoms. The molecule has 5 aliphatic heterocycles. The molecule has 3 amide bonds. The molecule has 1 aromatic heterocycles. The van der Waals surface area contributed by atoms with Crippen LogP contribution in [0.15, 0.2) is 16.9 Å². The van der Waals surface area contributed by atoms with Crippen molar-refractivity contribution < 1.29 is 24.3 Å². The van der Waals surface area contributed by atoms with E-state index < -0.39 is 17.9 Å². The Labute approximate surface area is 235 Å². The normalized spacial score (nSPS) is 34.0. The van der Waals surface area contributed by atoms with Crippen molar-refractivity contribution in [3.8, 4) is 0 Å². The van der Waals surface area contributed by atoms with Crippen molar-refractivity contribution in [2.75, 3.05) is 26.2 Å². The first-order valence-electron chi connectivity index (χ1n) is 14.0. The van der Waals surface area contributed by atoms with Gasteiger partial charge < -0.3 is 30.9 Å². The Morgan fingerprint density at radius 2 is 2.10 bits per heavy atom. The lowest BCUT2D eigenvalue weighted by atomic mass is 9.78. The molecule has 216 valence electrons. The highest BCUT2D eigenvalue weighted by Crippen LogP contribution is 2.52. The number of β-lactam (4-membered cyclic amide) rings is 1. The number of fused-ring (bicyclic) bond motifs is 2. The highest BCUT2D eigenvalue weighted by molar-refractivity contribution is 8.03.